The van der Waals surface area contributed by atoms with Crippen LogP contribution in [0.4, 0.5) is 5.82 Å². The van der Waals surface area contributed by atoms with Crippen LogP contribution in [0, 0.1) is 0 Å². The van der Waals surface area contributed by atoms with Crippen molar-refractivity contribution in [2.45, 2.75) is 59.5 Å². The summed E-state index contributed by atoms with van der Waals surface area (Å²) in [6.45, 7) is 14.0. The lowest BCUT2D eigenvalue weighted by Crippen LogP contribution is -2.36. The summed E-state index contributed by atoms with van der Waals surface area (Å²) in [5, 5.41) is 3.56. The van der Waals surface area contributed by atoms with E-state index in [-0.39, 0.29) is 5.54 Å². The average molecular weight is 342 g/mol. The molecule has 0 atom stereocenters. The van der Waals surface area contributed by atoms with E-state index in [1.165, 1.54) is 5.56 Å². The van der Waals surface area contributed by atoms with E-state index < -0.39 is 0 Å². The van der Waals surface area contributed by atoms with Crippen molar-refractivity contribution in [2.24, 2.45) is 0 Å². The highest BCUT2D eigenvalue weighted by Gasteiger charge is 2.15. The molecule has 1 rings (SSSR count). The molecule has 1 heterocycles. The first-order valence-corrected chi connectivity index (χ1v) is 8.31. The summed E-state index contributed by atoms with van der Waals surface area (Å²) >= 11 is 3.54. The van der Waals surface area contributed by atoms with Crippen LogP contribution in [0.2, 0.25) is 0 Å². The molecule has 1 aromatic rings. The van der Waals surface area contributed by atoms with Crippen molar-refractivity contribution in [1.82, 2.24) is 10.3 Å². The minimum atomic E-state index is 0.111. The molecule has 20 heavy (non-hydrogen) atoms. The van der Waals surface area contributed by atoms with Gasteiger partial charge in [0.2, 0.25) is 0 Å². The minimum Gasteiger partial charge on any atom is -0.356 e. The summed E-state index contributed by atoms with van der Waals surface area (Å²) in [5.41, 5.74) is 1.37. The van der Waals surface area contributed by atoms with E-state index >= 15 is 0 Å². The van der Waals surface area contributed by atoms with Gasteiger partial charge in [0.25, 0.3) is 0 Å². The number of nitrogens with zero attached hydrogens (tertiary/aromatic N) is 2. The van der Waals surface area contributed by atoms with Crippen molar-refractivity contribution < 1.29 is 0 Å². The van der Waals surface area contributed by atoms with Crippen molar-refractivity contribution in [3.05, 3.63) is 22.3 Å². The predicted molar refractivity (Wildman–Crippen MR) is 91.3 cm³/mol. The van der Waals surface area contributed by atoms with E-state index in [2.05, 4.69) is 71.8 Å². The number of hydrogen-bond acceptors (Lipinski definition) is 3. The third kappa shape index (κ3) is 5.80. The molecule has 0 fully saturated rings. The van der Waals surface area contributed by atoms with Crippen molar-refractivity contribution >= 4 is 21.7 Å². The van der Waals surface area contributed by atoms with Crippen LogP contribution in [-0.4, -0.2) is 23.6 Å². The predicted octanol–water partition coefficient (Wildman–Crippen LogP) is 4.36. The van der Waals surface area contributed by atoms with Gasteiger partial charge in [0.15, 0.2) is 0 Å². The lowest BCUT2D eigenvalue weighted by Gasteiger charge is -2.27. The maximum atomic E-state index is 4.66. The second kappa shape index (κ2) is 7.99. The van der Waals surface area contributed by atoms with Gasteiger partial charge in [-0.05, 0) is 55.6 Å². The molecule has 4 heteroatoms. The Morgan fingerprint density at radius 2 is 1.80 bits per heavy atom. The first kappa shape index (κ1) is 17.4. The van der Waals surface area contributed by atoms with Crippen LogP contribution >= 0.6 is 15.9 Å². The molecule has 0 saturated carbocycles. The largest absolute Gasteiger partial charge is 0.356 e. The Kier molecular flexibility index (Phi) is 6.96. The van der Waals surface area contributed by atoms with Gasteiger partial charge in [-0.3, -0.25) is 0 Å². The highest BCUT2D eigenvalue weighted by molar-refractivity contribution is 9.10. The molecule has 0 unspecified atom stereocenters. The summed E-state index contributed by atoms with van der Waals surface area (Å²) in [6.07, 6.45) is 4.18. The molecule has 1 N–H and O–H groups in total. The van der Waals surface area contributed by atoms with Gasteiger partial charge in [-0.25, -0.2) is 4.98 Å². The summed E-state index contributed by atoms with van der Waals surface area (Å²) in [6, 6.07) is 2.18. The smallest absolute Gasteiger partial charge is 0.133 e. The van der Waals surface area contributed by atoms with Gasteiger partial charge in [0.05, 0.1) is 0 Å². The average Bonchev–Trinajstić information content (AvgIpc) is 2.35. The molecule has 3 nitrogen and oxygen atoms in total. The van der Waals surface area contributed by atoms with Gasteiger partial charge in [0, 0.05) is 41.4 Å². The third-order valence-electron chi connectivity index (χ3n) is 3.01. The fraction of sp³-hybridized carbons (Fsp3) is 0.688. The van der Waals surface area contributed by atoms with Gasteiger partial charge < -0.3 is 10.2 Å². The highest BCUT2D eigenvalue weighted by atomic mass is 79.9. The van der Waals surface area contributed by atoms with Gasteiger partial charge in [0.1, 0.15) is 5.82 Å². The van der Waals surface area contributed by atoms with E-state index in [1.807, 2.05) is 6.20 Å². The molecule has 0 radical (unpaired) electrons. The zero-order valence-electron chi connectivity index (χ0n) is 13.5. The number of nitrogens with one attached hydrogen (secondary N) is 1. The quantitative estimate of drug-likeness (QED) is 0.798. The Morgan fingerprint density at radius 3 is 2.30 bits per heavy atom. The molecular weight excluding hydrogens is 314 g/mol. The Morgan fingerprint density at radius 1 is 1.20 bits per heavy atom. The Labute approximate surface area is 132 Å². The molecule has 0 aliphatic heterocycles. The maximum absolute atomic E-state index is 4.66. The third-order valence-corrected chi connectivity index (χ3v) is 3.44. The molecule has 0 aliphatic carbocycles. The maximum Gasteiger partial charge on any atom is 0.133 e. The molecule has 0 saturated heterocycles. The van der Waals surface area contributed by atoms with Crippen LogP contribution in [0.3, 0.4) is 0 Å². The topological polar surface area (TPSA) is 28.2 Å². The summed E-state index contributed by atoms with van der Waals surface area (Å²) in [4.78, 5) is 7.05. The van der Waals surface area contributed by atoms with Crippen LogP contribution in [-0.2, 0) is 6.54 Å². The lowest BCUT2D eigenvalue weighted by molar-refractivity contribution is 0.424. The second-order valence-corrected chi connectivity index (χ2v) is 7.14. The number of hydrogen-bond donors (Lipinski definition) is 1. The van der Waals surface area contributed by atoms with Gasteiger partial charge in [-0.1, -0.05) is 13.8 Å². The van der Waals surface area contributed by atoms with Crippen LogP contribution < -0.4 is 10.2 Å². The summed E-state index contributed by atoms with van der Waals surface area (Å²) in [7, 11) is 0. The van der Waals surface area contributed by atoms with Crippen molar-refractivity contribution in [3.8, 4) is 0 Å². The van der Waals surface area contributed by atoms with E-state index in [4.69, 9.17) is 0 Å². The van der Waals surface area contributed by atoms with E-state index in [9.17, 15) is 0 Å². The standard InChI is InChI=1S/C16H28BrN3/c1-6-8-20(9-7-2)15-13(10-14(17)12-18-15)11-19-16(3,4)5/h10,12,19H,6-9,11H2,1-5H3. The molecular formula is C16H28BrN3. The zero-order chi connectivity index (χ0) is 15.2. The van der Waals surface area contributed by atoms with E-state index in [1.54, 1.807) is 0 Å². The van der Waals surface area contributed by atoms with Crippen molar-refractivity contribution in [1.29, 1.82) is 0 Å². The van der Waals surface area contributed by atoms with E-state index in [0.29, 0.717) is 0 Å². The molecule has 0 amide bonds. The Bertz CT molecular complexity index is 407. The Hall–Kier alpha value is -0.610. The summed E-state index contributed by atoms with van der Waals surface area (Å²) in [5.74, 6) is 1.12. The normalized spacial score (nSPS) is 11.7. The highest BCUT2D eigenvalue weighted by Crippen LogP contribution is 2.23. The monoisotopic (exact) mass is 341 g/mol. The number of halogens is 1. The second-order valence-electron chi connectivity index (χ2n) is 6.23. The molecule has 1 aromatic heterocycles. The van der Waals surface area contributed by atoms with Crippen LogP contribution in [0.5, 0.6) is 0 Å². The number of pyridine rings is 1. The number of aromatic nitrogens is 1. The van der Waals surface area contributed by atoms with Crippen molar-refractivity contribution in [3.63, 3.8) is 0 Å². The fourth-order valence-electron chi connectivity index (χ4n) is 2.11. The number of anilines is 1. The van der Waals surface area contributed by atoms with Crippen LogP contribution in [0.1, 0.15) is 53.0 Å². The summed E-state index contributed by atoms with van der Waals surface area (Å²) < 4.78 is 1.04. The van der Waals surface area contributed by atoms with Crippen molar-refractivity contribution in [2.75, 3.05) is 18.0 Å². The van der Waals surface area contributed by atoms with Gasteiger partial charge >= 0.3 is 0 Å². The Balaban J connectivity index is 2.98. The SMILES string of the molecule is CCCN(CCC)c1ncc(Br)cc1CNC(C)(C)C. The van der Waals surface area contributed by atoms with Crippen LogP contribution in [0.15, 0.2) is 16.7 Å². The molecule has 0 aromatic carbocycles. The molecule has 0 aliphatic rings. The van der Waals surface area contributed by atoms with Crippen LogP contribution in [0.25, 0.3) is 0 Å². The zero-order valence-corrected chi connectivity index (χ0v) is 15.0. The van der Waals surface area contributed by atoms with Gasteiger partial charge in [-0.2, -0.15) is 0 Å². The minimum absolute atomic E-state index is 0.111. The first-order chi connectivity index (χ1) is 9.37. The number of rotatable bonds is 7. The van der Waals surface area contributed by atoms with Gasteiger partial charge in [-0.15, -0.1) is 0 Å². The molecule has 114 valence electrons. The fourth-order valence-corrected chi connectivity index (χ4v) is 2.49. The molecule has 0 bridgehead atoms. The van der Waals surface area contributed by atoms with E-state index in [0.717, 1.165) is 42.8 Å². The lowest BCUT2D eigenvalue weighted by atomic mass is 10.1. The molecule has 0 spiro atoms. The first-order valence-electron chi connectivity index (χ1n) is 7.51.